The Balaban J connectivity index is 2.11. The number of imidazole rings is 1. The van der Waals surface area contributed by atoms with Gasteiger partial charge in [-0.2, -0.15) is 0 Å². The van der Waals surface area contributed by atoms with Gasteiger partial charge in [-0.15, -0.1) is 0 Å². The highest BCUT2D eigenvalue weighted by Gasteiger charge is 2.12. The summed E-state index contributed by atoms with van der Waals surface area (Å²) in [6.07, 6.45) is 4.12. The number of hydrogen-bond acceptors (Lipinski definition) is 3. The van der Waals surface area contributed by atoms with E-state index < -0.39 is 0 Å². The zero-order valence-electron chi connectivity index (χ0n) is 10.0. The van der Waals surface area contributed by atoms with Crippen LogP contribution < -0.4 is 5.32 Å². The predicted molar refractivity (Wildman–Crippen MR) is 61.0 cm³/mol. The number of carbonyl (C=O) groups is 1. The molecule has 2 N–H and O–H groups in total. The van der Waals surface area contributed by atoms with Gasteiger partial charge in [0, 0.05) is 24.9 Å². The van der Waals surface area contributed by atoms with Gasteiger partial charge in [0.2, 0.25) is 5.91 Å². The van der Waals surface area contributed by atoms with E-state index in [1.165, 1.54) is 0 Å². The van der Waals surface area contributed by atoms with Crippen LogP contribution in [0.3, 0.4) is 0 Å². The van der Waals surface area contributed by atoms with Gasteiger partial charge in [0.05, 0.1) is 11.9 Å². The number of ether oxygens (including phenoxy) is 1. The Morgan fingerprint density at radius 2 is 2.31 bits per heavy atom. The Kier molecular flexibility index (Phi) is 4.49. The summed E-state index contributed by atoms with van der Waals surface area (Å²) >= 11 is 0. The lowest BCUT2D eigenvalue weighted by molar-refractivity contribution is -0.130. The molecule has 0 atom stereocenters. The fourth-order valence-electron chi connectivity index (χ4n) is 1.09. The molecule has 5 heteroatoms. The average molecular weight is 225 g/mol. The summed E-state index contributed by atoms with van der Waals surface area (Å²) < 4.78 is 5.35. The van der Waals surface area contributed by atoms with Crippen molar-refractivity contribution in [2.75, 3.05) is 13.2 Å². The van der Waals surface area contributed by atoms with Gasteiger partial charge in [-0.3, -0.25) is 4.79 Å². The largest absolute Gasteiger partial charge is 0.366 e. The summed E-state index contributed by atoms with van der Waals surface area (Å²) in [6.45, 7) is 6.46. The average Bonchev–Trinajstić information content (AvgIpc) is 2.66. The molecule has 0 saturated carbocycles. The standard InChI is InChI=1S/C11H19N3O2/c1-11(2,3)16-7-10(15)13-5-4-9-6-12-8-14-9/h6,8H,4-5,7H2,1-3H3,(H,12,14)(H,13,15). The lowest BCUT2D eigenvalue weighted by Crippen LogP contribution is -2.33. The normalized spacial score (nSPS) is 11.4. The van der Waals surface area contributed by atoms with E-state index in [-0.39, 0.29) is 18.1 Å². The zero-order valence-corrected chi connectivity index (χ0v) is 10.0. The van der Waals surface area contributed by atoms with Crippen molar-refractivity contribution in [1.82, 2.24) is 15.3 Å². The fourth-order valence-corrected chi connectivity index (χ4v) is 1.09. The molecule has 0 spiro atoms. The van der Waals surface area contributed by atoms with Crippen molar-refractivity contribution in [3.05, 3.63) is 18.2 Å². The molecule has 0 saturated heterocycles. The summed E-state index contributed by atoms with van der Waals surface area (Å²) in [4.78, 5) is 18.2. The molecule has 90 valence electrons. The van der Waals surface area contributed by atoms with Crippen LogP contribution in [0.2, 0.25) is 0 Å². The maximum atomic E-state index is 11.4. The number of H-pyrrole nitrogens is 1. The highest BCUT2D eigenvalue weighted by atomic mass is 16.5. The van der Waals surface area contributed by atoms with Crippen LogP contribution in [-0.2, 0) is 16.0 Å². The summed E-state index contributed by atoms with van der Waals surface area (Å²) in [6, 6.07) is 0. The number of hydrogen-bond donors (Lipinski definition) is 2. The molecule has 0 aromatic carbocycles. The summed E-state index contributed by atoms with van der Waals surface area (Å²) in [7, 11) is 0. The molecule has 0 radical (unpaired) electrons. The number of amides is 1. The van der Waals surface area contributed by atoms with Crippen molar-refractivity contribution >= 4 is 5.91 Å². The van der Waals surface area contributed by atoms with E-state index in [1.54, 1.807) is 12.5 Å². The van der Waals surface area contributed by atoms with Crippen LogP contribution in [0.15, 0.2) is 12.5 Å². The van der Waals surface area contributed by atoms with Crippen molar-refractivity contribution < 1.29 is 9.53 Å². The highest BCUT2D eigenvalue weighted by Crippen LogP contribution is 2.05. The minimum absolute atomic E-state index is 0.0885. The molecule has 0 aliphatic heterocycles. The van der Waals surface area contributed by atoms with Crippen LogP contribution in [0.5, 0.6) is 0 Å². The van der Waals surface area contributed by atoms with Crippen LogP contribution in [-0.4, -0.2) is 34.6 Å². The number of carbonyl (C=O) groups excluding carboxylic acids is 1. The van der Waals surface area contributed by atoms with Crippen LogP contribution in [0, 0.1) is 0 Å². The molecule has 1 rings (SSSR count). The summed E-state index contributed by atoms with van der Waals surface area (Å²) in [5, 5.41) is 2.78. The van der Waals surface area contributed by atoms with Gasteiger partial charge in [0.25, 0.3) is 0 Å². The molecule has 0 bridgehead atoms. The topological polar surface area (TPSA) is 67.0 Å². The predicted octanol–water partition coefficient (Wildman–Crippen LogP) is 0.883. The Hall–Kier alpha value is -1.36. The van der Waals surface area contributed by atoms with Crippen molar-refractivity contribution in [3.8, 4) is 0 Å². The van der Waals surface area contributed by atoms with E-state index in [2.05, 4.69) is 15.3 Å². The summed E-state index contributed by atoms with van der Waals surface area (Å²) in [5.41, 5.74) is 0.734. The van der Waals surface area contributed by atoms with Crippen molar-refractivity contribution in [3.63, 3.8) is 0 Å². The Morgan fingerprint density at radius 1 is 1.56 bits per heavy atom. The molecule has 1 aromatic heterocycles. The molecule has 5 nitrogen and oxygen atoms in total. The number of nitrogens with one attached hydrogen (secondary N) is 2. The maximum absolute atomic E-state index is 11.4. The van der Waals surface area contributed by atoms with Crippen LogP contribution in [0.4, 0.5) is 0 Å². The van der Waals surface area contributed by atoms with Gasteiger partial charge >= 0.3 is 0 Å². The van der Waals surface area contributed by atoms with Crippen molar-refractivity contribution in [2.24, 2.45) is 0 Å². The van der Waals surface area contributed by atoms with E-state index >= 15 is 0 Å². The SMILES string of the molecule is CC(C)(C)OCC(=O)NCCc1cnc[nH]1. The number of rotatable bonds is 5. The second kappa shape index (κ2) is 5.65. The molecule has 0 unspecified atom stereocenters. The molecular weight excluding hydrogens is 206 g/mol. The van der Waals surface area contributed by atoms with E-state index in [4.69, 9.17) is 4.74 Å². The highest BCUT2D eigenvalue weighted by molar-refractivity contribution is 5.77. The van der Waals surface area contributed by atoms with Gasteiger partial charge < -0.3 is 15.0 Å². The number of aromatic amines is 1. The van der Waals surface area contributed by atoms with Gasteiger partial charge in [0.1, 0.15) is 6.61 Å². The molecule has 0 aliphatic carbocycles. The fraction of sp³-hybridized carbons (Fsp3) is 0.636. The monoisotopic (exact) mass is 225 g/mol. The minimum atomic E-state index is -0.277. The van der Waals surface area contributed by atoms with Gasteiger partial charge in [-0.25, -0.2) is 4.98 Å². The molecular formula is C11H19N3O2. The first-order chi connectivity index (χ1) is 7.47. The number of aromatic nitrogens is 2. The second-order valence-electron chi connectivity index (χ2n) is 4.58. The lowest BCUT2D eigenvalue weighted by atomic mass is 10.2. The Morgan fingerprint density at radius 3 is 2.88 bits per heavy atom. The van der Waals surface area contributed by atoms with Crippen LogP contribution >= 0.6 is 0 Å². The van der Waals surface area contributed by atoms with Gasteiger partial charge in [0.15, 0.2) is 0 Å². The first-order valence-corrected chi connectivity index (χ1v) is 5.35. The van der Waals surface area contributed by atoms with Crippen LogP contribution in [0.25, 0.3) is 0 Å². The molecule has 1 aromatic rings. The Bertz CT molecular complexity index is 314. The van der Waals surface area contributed by atoms with Crippen LogP contribution in [0.1, 0.15) is 26.5 Å². The quantitative estimate of drug-likeness (QED) is 0.781. The summed E-state index contributed by atoms with van der Waals surface area (Å²) in [5.74, 6) is -0.0885. The van der Waals surface area contributed by atoms with Crippen molar-refractivity contribution in [1.29, 1.82) is 0 Å². The van der Waals surface area contributed by atoms with Gasteiger partial charge in [-0.05, 0) is 20.8 Å². The first kappa shape index (κ1) is 12.7. The van der Waals surface area contributed by atoms with Crippen molar-refractivity contribution in [2.45, 2.75) is 32.8 Å². The van der Waals surface area contributed by atoms with E-state index in [1.807, 2.05) is 20.8 Å². The smallest absolute Gasteiger partial charge is 0.246 e. The first-order valence-electron chi connectivity index (χ1n) is 5.35. The second-order valence-corrected chi connectivity index (χ2v) is 4.58. The lowest BCUT2D eigenvalue weighted by Gasteiger charge is -2.18. The Labute approximate surface area is 95.6 Å². The third-order valence-electron chi connectivity index (χ3n) is 1.91. The van der Waals surface area contributed by atoms with Gasteiger partial charge in [-0.1, -0.05) is 0 Å². The molecule has 1 heterocycles. The third-order valence-corrected chi connectivity index (χ3v) is 1.91. The van der Waals surface area contributed by atoms with E-state index in [9.17, 15) is 4.79 Å². The number of nitrogens with zero attached hydrogens (tertiary/aromatic N) is 1. The maximum Gasteiger partial charge on any atom is 0.246 e. The molecule has 0 fully saturated rings. The van der Waals surface area contributed by atoms with E-state index in [0.717, 1.165) is 12.1 Å². The zero-order chi connectivity index (χ0) is 12.0. The molecule has 1 amide bonds. The minimum Gasteiger partial charge on any atom is -0.366 e. The van der Waals surface area contributed by atoms with E-state index in [0.29, 0.717) is 6.54 Å². The molecule has 0 aliphatic rings. The third kappa shape index (κ3) is 5.50. The molecule has 16 heavy (non-hydrogen) atoms.